The van der Waals surface area contributed by atoms with E-state index in [9.17, 15) is 0 Å². The Hall–Kier alpha value is -0.940. The van der Waals surface area contributed by atoms with Crippen molar-refractivity contribution < 1.29 is 0 Å². The number of hydrogen-bond acceptors (Lipinski definition) is 1. The molecule has 0 saturated carbocycles. The molecular formula is C10H10NP. The molecule has 0 radical (unpaired) electrons. The molecular weight excluding hydrogens is 165 g/mol. The predicted octanol–water partition coefficient (Wildman–Crippen LogP) is 2.04. The van der Waals surface area contributed by atoms with Crippen molar-refractivity contribution in [1.29, 1.82) is 0 Å². The van der Waals surface area contributed by atoms with Gasteiger partial charge in [0.05, 0.1) is 5.52 Å². The van der Waals surface area contributed by atoms with Crippen molar-refractivity contribution in [3.63, 3.8) is 0 Å². The maximum absolute atomic E-state index is 4.32. The number of nitrogens with zero attached hydrogens (tertiary/aromatic N) is 1. The van der Waals surface area contributed by atoms with E-state index in [1.54, 1.807) is 0 Å². The monoisotopic (exact) mass is 175 g/mol. The van der Waals surface area contributed by atoms with Crippen LogP contribution in [0, 0.1) is 6.92 Å². The van der Waals surface area contributed by atoms with Crippen molar-refractivity contribution in [2.45, 2.75) is 6.92 Å². The molecule has 0 aliphatic rings. The Morgan fingerprint density at radius 1 is 1.25 bits per heavy atom. The van der Waals surface area contributed by atoms with Gasteiger partial charge in [-0.15, -0.1) is 9.24 Å². The van der Waals surface area contributed by atoms with Gasteiger partial charge in [0.1, 0.15) is 0 Å². The van der Waals surface area contributed by atoms with Crippen LogP contribution in [-0.4, -0.2) is 4.98 Å². The van der Waals surface area contributed by atoms with Crippen molar-refractivity contribution in [3.05, 3.63) is 36.0 Å². The number of pyridine rings is 1. The third-order valence-corrected chi connectivity index (χ3v) is 2.18. The van der Waals surface area contributed by atoms with Crippen LogP contribution < -0.4 is 5.30 Å². The molecule has 0 saturated heterocycles. The van der Waals surface area contributed by atoms with Crippen LogP contribution >= 0.6 is 9.24 Å². The molecule has 0 amide bonds. The Balaban J connectivity index is 2.79. The molecule has 0 aliphatic carbocycles. The van der Waals surface area contributed by atoms with Gasteiger partial charge >= 0.3 is 0 Å². The number of rotatable bonds is 0. The van der Waals surface area contributed by atoms with Crippen LogP contribution in [0.2, 0.25) is 0 Å². The molecule has 2 aromatic rings. The molecule has 60 valence electrons. The van der Waals surface area contributed by atoms with Crippen molar-refractivity contribution in [1.82, 2.24) is 4.98 Å². The van der Waals surface area contributed by atoms with E-state index in [1.807, 2.05) is 6.20 Å². The molecule has 1 heterocycles. The van der Waals surface area contributed by atoms with Gasteiger partial charge in [-0.05, 0) is 29.9 Å². The summed E-state index contributed by atoms with van der Waals surface area (Å²) in [6.07, 6.45) is 1.87. The molecule has 2 heteroatoms. The molecule has 1 unspecified atom stereocenters. The standard InChI is InChI=1S/C10H10NP/c1-7-2-3-8-5-9(12)6-11-10(8)4-7/h2-6H,12H2,1H3. The van der Waals surface area contributed by atoms with Crippen LogP contribution in [0.25, 0.3) is 10.9 Å². The second-order valence-electron chi connectivity index (χ2n) is 2.96. The van der Waals surface area contributed by atoms with Crippen LogP contribution in [0.15, 0.2) is 30.5 Å². The normalized spacial score (nSPS) is 10.5. The first kappa shape index (κ1) is 7.70. The van der Waals surface area contributed by atoms with E-state index in [4.69, 9.17) is 0 Å². The zero-order valence-electron chi connectivity index (χ0n) is 6.91. The maximum Gasteiger partial charge on any atom is 0.0705 e. The third kappa shape index (κ3) is 1.33. The van der Waals surface area contributed by atoms with E-state index in [0.717, 1.165) is 10.8 Å². The summed E-state index contributed by atoms with van der Waals surface area (Å²) in [5.41, 5.74) is 2.33. The molecule has 2 rings (SSSR count). The van der Waals surface area contributed by atoms with Crippen molar-refractivity contribution in [3.8, 4) is 0 Å². The third-order valence-electron chi connectivity index (χ3n) is 1.86. The summed E-state index contributed by atoms with van der Waals surface area (Å²) in [4.78, 5) is 4.32. The van der Waals surface area contributed by atoms with Gasteiger partial charge in [-0.1, -0.05) is 12.1 Å². The lowest BCUT2D eigenvalue weighted by Gasteiger charge is -1.98. The number of hydrogen-bond donors (Lipinski definition) is 0. The quantitative estimate of drug-likeness (QED) is 0.558. The summed E-state index contributed by atoms with van der Waals surface area (Å²) in [7, 11) is 2.65. The number of aromatic nitrogens is 1. The molecule has 0 aliphatic heterocycles. The molecule has 1 aromatic heterocycles. The number of benzene rings is 1. The summed E-state index contributed by atoms with van der Waals surface area (Å²) in [5.74, 6) is 0. The average Bonchev–Trinajstić information content (AvgIpc) is 2.05. The molecule has 12 heavy (non-hydrogen) atoms. The minimum Gasteiger partial charge on any atom is -0.256 e. The molecule has 0 spiro atoms. The Bertz CT molecular complexity index is 382. The Labute approximate surface area is 74.0 Å². The Kier molecular flexibility index (Phi) is 1.82. The Morgan fingerprint density at radius 2 is 2.08 bits per heavy atom. The molecule has 1 aromatic carbocycles. The number of aryl methyl sites for hydroxylation is 1. The number of fused-ring (bicyclic) bond motifs is 1. The van der Waals surface area contributed by atoms with E-state index in [2.05, 4.69) is 45.4 Å². The van der Waals surface area contributed by atoms with E-state index in [1.165, 1.54) is 10.9 Å². The minimum atomic E-state index is 1.07. The van der Waals surface area contributed by atoms with Crippen molar-refractivity contribution >= 4 is 25.4 Å². The van der Waals surface area contributed by atoms with Gasteiger partial charge in [0.15, 0.2) is 0 Å². The van der Waals surface area contributed by atoms with E-state index in [0.29, 0.717) is 0 Å². The van der Waals surface area contributed by atoms with Gasteiger partial charge in [-0.3, -0.25) is 4.98 Å². The lowest BCUT2D eigenvalue weighted by molar-refractivity contribution is 1.40. The largest absolute Gasteiger partial charge is 0.256 e. The van der Waals surface area contributed by atoms with E-state index in [-0.39, 0.29) is 0 Å². The summed E-state index contributed by atoms with van der Waals surface area (Å²) in [6, 6.07) is 8.42. The fraction of sp³-hybridized carbons (Fsp3) is 0.100. The first-order chi connectivity index (χ1) is 5.75. The highest BCUT2D eigenvalue weighted by atomic mass is 31.0. The second kappa shape index (κ2) is 2.84. The first-order valence-corrected chi connectivity index (χ1v) is 4.45. The smallest absolute Gasteiger partial charge is 0.0705 e. The molecule has 0 N–H and O–H groups in total. The van der Waals surface area contributed by atoms with Crippen molar-refractivity contribution in [2.75, 3.05) is 0 Å². The van der Waals surface area contributed by atoms with Gasteiger partial charge in [-0.25, -0.2) is 0 Å². The second-order valence-corrected chi connectivity index (χ2v) is 3.63. The van der Waals surface area contributed by atoms with Gasteiger partial charge in [-0.2, -0.15) is 0 Å². The van der Waals surface area contributed by atoms with Crippen LogP contribution in [0.4, 0.5) is 0 Å². The van der Waals surface area contributed by atoms with Gasteiger partial charge < -0.3 is 0 Å². The maximum atomic E-state index is 4.32. The van der Waals surface area contributed by atoms with Crippen molar-refractivity contribution in [2.24, 2.45) is 0 Å². The van der Waals surface area contributed by atoms with Gasteiger partial charge in [0.2, 0.25) is 0 Å². The van der Waals surface area contributed by atoms with Crippen LogP contribution in [0.1, 0.15) is 5.56 Å². The predicted molar refractivity (Wildman–Crippen MR) is 55.8 cm³/mol. The topological polar surface area (TPSA) is 12.9 Å². The summed E-state index contributed by atoms with van der Waals surface area (Å²) in [5, 5.41) is 2.33. The molecule has 0 fully saturated rings. The summed E-state index contributed by atoms with van der Waals surface area (Å²) in [6.45, 7) is 2.08. The molecule has 1 nitrogen and oxygen atoms in total. The highest BCUT2D eigenvalue weighted by molar-refractivity contribution is 7.27. The average molecular weight is 175 g/mol. The van der Waals surface area contributed by atoms with E-state index >= 15 is 0 Å². The highest BCUT2D eigenvalue weighted by Gasteiger charge is 1.94. The van der Waals surface area contributed by atoms with Gasteiger partial charge in [0.25, 0.3) is 0 Å². The SMILES string of the molecule is Cc1ccc2cc(P)cnc2c1. The highest BCUT2D eigenvalue weighted by Crippen LogP contribution is 2.11. The van der Waals surface area contributed by atoms with Crippen LogP contribution in [0.5, 0.6) is 0 Å². The summed E-state index contributed by atoms with van der Waals surface area (Å²) < 4.78 is 0. The molecule has 0 bridgehead atoms. The fourth-order valence-electron chi connectivity index (χ4n) is 1.25. The summed E-state index contributed by atoms with van der Waals surface area (Å²) >= 11 is 0. The zero-order chi connectivity index (χ0) is 8.55. The molecule has 1 atom stereocenters. The van der Waals surface area contributed by atoms with Gasteiger partial charge in [0, 0.05) is 11.6 Å². The zero-order valence-corrected chi connectivity index (χ0v) is 8.07. The van der Waals surface area contributed by atoms with Crippen LogP contribution in [0.3, 0.4) is 0 Å². The minimum absolute atomic E-state index is 1.07. The fourth-order valence-corrected chi connectivity index (χ4v) is 1.50. The lowest BCUT2D eigenvalue weighted by Crippen LogP contribution is -1.91. The van der Waals surface area contributed by atoms with Crippen LogP contribution in [-0.2, 0) is 0 Å². The lowest BCUT2D eigenvalue weighted by atomic mass is 10.1. The van der Waals surface area contributed by atoms with E-state index < -0.39 is 0 Å². The first-order valence-electron chi connectivity index (χ1n) is 3.87. The Morgan fingerprint density at radius 3 is 2.92 bits per heavy atom.